The number of halogens is 1. The molecule has 1 saturated heterocycles. The summed E-state index contributed by atoms with van der Waals surface area (Å²) in [5.41, 5.74) is 7.71. The van der Waals surface area contributed by atoms with Crippen molar-refractivity contribution in [1.82, 2.24) is 9.88 Å². The van der Waals surface area contributed by atoms with Gasteiger partial charge in [0.05, 0.1) is 11.6 Å². The van der Waals surface area contributed by atoms with Crippen molar-refractivity contribution in [3.05, 3.63) is 42.1 Å². The number of amides is 1. The van der Waals surface area contributed by atoms with Gasteiger partial charge in [0.2, 0.25) is 0 Å². The predicted molar refractivity (Wildman–Crippen MR) is 115 cm³/mol. The molecule has 1 aromatic carbocycles. The first kappa shape index (κ1) is 20.7. The van der Waals surface area contributed by atoms with Crippen LogP contribution < -0.4 is 5.73 Å². The Morgan fingerprint density at radius 1 is 1.33 bits per heavy atom. The van der Waals surface area contributed by atoms with E-state index in [1.807, 2.05) is 30.3 Å². The number of fused-ring (bicyclic) bond motifs is 1. The Hall–Kier alpha value is -2.52. The summed E-state index contributed by atoms with van der Waals surface area (Å²) >= 11 is 3.29. The second-order valence-electron chi connectivity index (χ2n) is 7.66. The van der Waals surface area contributed by atoms with Crippen LogP contribution in [0.25, 0.3) is 10.9 Å². The maximum Gasteiger partial charge on any atom is 0.410 e. The number of rotatable bonds is 6. The van der Waals surface area contributed by atoms with E-state index in [2.05, 4.69) is 26.1 Å². The molecule has 2 aliphatic heterocycles. The molecule has 0 radical (unpaired) electrons. The third-order valence-electron chi connectivity index (χ3n) is 5.36. The van der Waals surface area contributed by atoms with Gasteiger partial charge in [-0.25, -0.2) is 4.79 Å². The van der Waals surface area contributed by atoms with E-state index < -0.39 is 12.1 Å². The van der Waals surface area contributed by atoms with Gasteiger partial charge < -0.3 is 15.3 Å². The van der Waals surface area contributed by atoms with E-state index in [4.69, 9.17) is 15.3 Å². The molecule has 1 fully saturated rings. The summed E-state index contributed by atoms with van der Waals surface area (Å²) in [5.74, 6) is -0.0288. The van der Waals surface area contributed by atoms with Crippen molar-refractivity contribution < 1.29 is 19.2 Å². The number of benzene rings is 1. The molecule has 2 aromatic rings. The van der Waals surface area contributed by atoms with E-state index >= 15 is 0 Å². The number of nitrogens with zero attached hydrogens (tertiary/aromatic N) is 3. The number of hydrogen-bond acceptors (Lipinski definition) is 7. The summed E-state index contributed by atoms with van der Waals surface area (Å²) in [6.45, 7) is 0.393. The number of oxime groups is 1. The van der Waals surface area contributed by atoms with Gasteiger partial charge in [-0.2, -0.15) is 0 Å². The molecule has 0 unspecified atom stereocenters. The van der Waals surface area contributed by atoms with E-state index in [1.165, 1.54) is 4.90 Å². The van der Waals surface area contributed by atoms with E-state index in [1.54, 1.807) is 6.20 Å². The molecule has 0 bridgehead atoms. The van der Waals surface area contributed by atoms with Crippen molar-refractivity contribution in [2.45, 2.75) is 50.5 Å². The molecular weight excluding hydrogens is 452 g/mol. The Labute approximate surface area is 182 Å². The summed E-state index contributed by atoms with van der Waals surface area (Å²) < 4.78 is 6.22. The number of carbonyl (C=O) groups excluding carboxylic acids is 2. The highest BCUT2D eigenvalue weighted by molar-refractivity contribution is 9.18. The molecule has 4 rings (SSSR count). The normalized spacial score (nSPS) is 23.3. The molecule has 9 heteroatoms. The van der Waals surface area contributed by atoms with E-state index in [0.717, 1.165) is 21.1 Å². The average molecular weight is 475 g/mol. The van der Waals surface area contributed by atoms with Crippen LogP contribution in [0.5, 0.6) is 0 Å². The number of nitrogens with two attached hydrogens (primary N) is 1. The molecule has 2 N–H and O–H groups in total. The summed E-state index contributed by atoms with van der Waals surface area (Å²) in [6.07, 6.45) is 3.00. The minimum absolute atomic E-state index is 0.0288. The van der Waals surface area contributed by atoms with Gasteiger partial charge in [-0.1, -0.05) is 23.4 Å². The highest BCUT2D eigenvalue weighted by Gasteiger charge is 2.39. The molecule has 1 amide bonds. The lowest BCUT2D eigenvalue weighted by Crippen LogP contribution is -2.41. The molecule has 158 valence electrons. The van der Waals surface area contributed by atoms with Crippen LogP contribution in [0, 0.1) is 0 Å². The highest BCUT2D eigenvalue weighted by atomic mass is 79.9. The van der Waals surface area contributed by atoms with E-state index in [-0.39, 0.29) is 24.5 Å². The summed E-state index contributed by atoms with van der Waals surface area (Å²) in [6, 6.07) is 8.88. The van der Waals surface area contributed by atoms with Gasteiger partial charge in [0.15, 0.2) is 5.78 Å². The van der Waals surface area contributed by atoms with Gasteiger partial charge in [0, 0.05) is 42.6 Å². The van der Waals surface area contributed by atoms with Crippen molar-refractivity contribution in [3.8, 4) is 0 Å². The lowest BCUT2D eigenvalue weighted by Gasteiger charge is -2.23. The van der Waals surface area contributed by atoms with Gasteiger partial charge in [-0.15, -0.1) is 0 Å². The summed E-state index contributed by atoms with van der Waals surface area (Å²) in [7, 11) is 0. The third-order valence-corrected chi connectivity index (χ3v) is 5.83. The molecule has 30 heavy (non-hydrogen) atoms. The maximum absolute atomic E-state index is 12.7. The van der Waals surface area contributed by atoms with Crippen LogP contribution in [0.3, 0.4) is 0 Å². The first-order valence-electron chi connectivity index (χ1n) is 9.93. The second-order valence-corrected chi connectivity index (χ2v) is 8.57. The third kappa shape index (κ3) is 4.79. The molecule has 8 nitrogen and oxygen atoms in total. The van der Waals surface area contributed by atoms with Crippen molar-refractivity contribution in [2.75, 3.05) is 6.54 Å². The Balaban J connectivity index is 1.33. The van der Waals surface area contributed by atoms with Crippen LogP contribution >= 0.6 is 15.9 Å². The molecule has 1 aromatic heterocycles. The quantitative estimate of drug-likeness (QED) is 0.688. The first-order chi connectivity index (χ1) is 14.5. The van der Waals surface area contributed by atoms with Crippen LogP contribution in [-0.2, 0) is 21.0 Å². The number of hydrogen-bond donors (Lipinski definition) is 1. The largest absolute Gasteiger partial charge is 0.444 e. The van der Waals surface area contributed by atoms with E-state index in [9.17, 15) is 9.59 Å². The van der Waals surface area contributed by atoms with Crippen LogP contribution in [0.15, 0.2) is 41.7 Å². The molecule has 0 saturated carbocycles. The minimum atomic E-state index is -0.562. The van der Waals surface area contributed by atoms with Gasteiger partial charge in [0.1, 0.15) is 17.3 Å². The van der Waals surface area contributed by atoms with Crippen LogP contribution in [0.4, 0.5) is 4.79 Å². The van der Waals surface area contributed by atoms with Crippen molar-refractivity contribution in [2.24, 2.45) is 10.9 Å². The minimum Gasteiger partial charge on any atom is -0.444 e. The number of aromatic nitrogens is 1. The van der Waals surface area contributed by atoms with Crippen molar-refractivity contribution in [3.63, 3.8) is 0 Å². The van der Waals surface area contributed by atoms with E-state index in [0.29, 0.717) is 32.2 Å². The first-order valence-corrected chi connectivity index (χ1v) is 10.7. The Morgan fingerprint density at radius 2 is 2.17 bits per heavy atom. The van der Waals surface area contributed by atoms with Gasteiger partial charge in [-0.3, -0.25) is 14.7 Å². The molecule has 0 aliphatic carbocycles. The number of likely N-dealkylation sites (tertiary alicyclic amines) is 1. The van der Waals surface area contributed by atoms with Gasteiger partial charge in [0.25, 0.3) is 0 Å². The molecule has 3 atom stereocenters. The Kier molecular flexibility index (Phi) is 6.29. The molecule has 0 spiro atoms. The summed E-state index contributed by atoms with van der Waals surface area (Å²) in [5, 5.41) is 4.81. The number of ether oxygens (including phenoxy) is 1. The molecule has 2 aliphatic rings. The zero-order chi connectivity index (χ0) is 21.1. The maximum atomic E-state index is 12.7. The zero-order valence-electron chi connectivity index (χ0n) is 16.4. The lowest BCUT2D eigenvalue weighted by atomic mass is 10.0. The van der Waals surface area contributed by atoms with Crippen LogP contribution in [0.1, 0.15) is 31.2 Å². The fraction of sp³-hybridized carbons (Fsp3) is 0.429. The zero-order valence-corrected chi connectivity index (χ0v) is 18.0. The topological polar surface area (TPSA) is 107 Å². The van der Waals surface area contributed by atoms with Crippen molar-refractivity contribution >= 4 is 43.3 Å². The SMILES string of the molecule is N[C@@H]1C[C@@H](C(=O)CC[C@@H]2CC(Br)=NO2)N(C(=O)OCc2cnc3ccccc3c2)C1. The molecular formula is C21H23BrN4O4. The lowest BCUT2D eigenvalue weighted by molar-refractivity contribution is -0.123. The fourth-order valence-electron chi connectivity index (χ4n) is 3.82. The standard InChI is InChI=1S/C21H23BrN4O4/c22-20-9-16(30-25-20)5-6-19(27)18-8-15(23)11-26(18)21(28)29-12-13-7-14-3-1-2-4-17(14)24-10-13/h1-4,7,10,15-16,18H,5-6,8-9,11-12,23H2/t15-,16-,18+/m1/s1. The smallest absolute Gasteiger partial charge is 0.410 e. The number of para-hydroxylation sites is 1. The number of pyridine rings is 1. The van der Waals surface area contributed by atoms with Crippen LogP contribution in [0.2, 0.25) is 0 Å². The average Bonchev–Trinajstić information content (AvgIpc) is 3.35. The van der Waals surface area contributed by atoms with Gasteiger partial charge in [-0.05, 0) is 40.9 Å². The van der Waals surface area contributed by atoms with Crippen LogP contribution in [-0.4, -0.2) is 51.1 Å². The van der Waals surface area contributed by atoms with Crippen molar-refractivity contribution in [1.29, 1.82) is 0 Å². The Morgan fingerprint density at radius 3 is 2.97 bits per heavy atom. The number of ketones is 1. The summed E-state index contributed by atoms with van der Waals surface area (Å²) in [4.78, 5) is 36.5. The monoisotopic (exact) mass is 474 g/mol. The number of carbonyl (C=O) groups is 2. The molecule has 3 heterocycles. The highest BCUT2D eigenvalue weighted by Crippen LogP contribution is 2.24. The second kappa shape index (κ2) is 9.09. The fourth-order valence-corrected chi connectivity index (χ4v) is 4.26. The predicted octanol–water partition coefficient (Wildman–Crippen LogP) is 3.12. The Bertz CT molecular complexity index is 982. The number of Topliss-reactive ketones (excluding diaryl/α,β-unsaturated/α-hetero) is 1. The van der Waals surface area contributed by atoms with Gasteiger partial charge >= 0.3 is 6.09 Å².